The molecule has 0 aliphatic heterocycles. The number of esters is 1. The maximum Gasteiger partial charge on any atom is 0.338 e. The molecular weight excluding hydrogens is 308 g/mol. The van der Waals surface area contributed by atoms with Crippen molar-refractivity contribution in [2.45, 2.75) is 11.8 Å². The third-order valence-electron chi connectivity index (χ3n) is 2.33. The molecule has 0 atom stereocenters. The first kappa shape index (κ1) is 16.7. The minimum absolute atomic E-state index is 0.0610. The van der Waals surface area contributed by atoms with Crippen molar-refractivity contribution >= 4 is 25.7 Å². The van der Waals surface area contributed by atoms with Crippen LogP contribution in [0.25, 0.3) is 0 Å². The minimum Gasteiger partial charge on any atom is -0.495 e. The average molecular weight is 323 g/mol. The molecule has 1 aromatic carbocycles. The van der Waals surface area contributed by atoms with Gasteiger partial charge >= 0.3 is 5.97 Å². The third-order valence-corrected chi connectivity index (χ3v) is 3.67. The molecule has 0 aliphatic carbocycles. The van der Waals surface area contributed by atoms with Crippen molar-refractivity contribution in [3.05, 3.63) is 23.8 Å². The normalized spacial score (nSPS) is 11.2. The maximum atomic E-state index is 11.7. The van der Waals surface area contributed by atoms with Gasteiger partial charge in [0, 0.05) is 17.3 Å². The van der Waals surface area contributed by atoms with Gasteiger partial charge in [-0.05, 0) is 25.1 Å². The lowest BCUT2D eigenvalue weighted by atomic mass is 10.2. The highest BCUT2D eigenvalue weighted by Crippen LogP contribution is 2.28. The van der Waals surface area contributed by atoms with Gasteiger partial charge in [0.15, 0.2) is 0 Å². The molecular formula is C12H15ClO6S. The lowest BCUT2D eigenvalue weighted by Crippen LogP contribution is -2.11. The van der Waals surface area contributed by atoms with Crippen LogP contribution in [-0.2, 0) is 18.5 Å². The Labute approximate surface area is 122 Å². The van der Waals surface area contributed by atoms with Gasteiger partial charge in [0.2, 0.25) is 0 Å². The number of hydrogen-bond acceptors (Lipinski definition) is 6. The number of carbonyl (C=O) groups excluding carboxylic acids is 1. The van der Waals surface area contributed by atoms with Crippen LogP contribution >= 0.6 is 10.7 Å². The number of rotatable bonds is 7. The van der Waals surface area contributed by atoms with E-state index in [9.17, 15) is 13.2 Å². The van der Waals surface area contributed by atoms with Crippen LogP contribution in [0.3, 0.4) is 0 Å². The van der Waals surface area contributed by atoms with Crippen molar-refractivity contribution in [1.82, 2.24) is 0 Å². The summed E-state index contributed by atoms with van der Waals surface area (Å²) in [6, 6.07) is 3.85. The molecule has 0 spiro atoms. The van der Waals surface area contributed by atoms with E-state index in [1.54, 1.807) is 0 Å². The predicted molar refractivity (Wildman–Crippen MR) is 72.8 cm³/mol. The lowest BCUT2D eigenvalue weighted by molar-refractivity contribution is 0.0335. The summed E-state index contributed by atoms with van der Waals surface area (Å²) in [7, 11) is 2.58. The minimum atomic E-state index is -4.02. The molecule has 0 aliphatic rings. The fourth-order valence-electron chi connectivity index (χ4n) is 1.42. The molecule has 0 heterocycles. The van der Waals surface area contributed by atoms with E-state index in [2.05, 4.69) is 0 Å². The topological polar surface area (TPSA) is 78.9 Å². The van der Waals surface area contributed by atoms with Crippen LogP contribution in [0.2, 0.25) is 0 Å². The van der Waals surface area contributed by atoms with Crippen LogP contribution in [0.5, 0.6) is 5.75 Å². The average Bonchev–Trinajstić information content (AvgIpc) is 2.41. The van der Waals surface area contributed by atoms with Crippen molar-refractivity contribution in [2.75, 3.05) is 26.9 Å². The Hall–Kier alpha value is -1.31. The van der Waals surface area contributed by atoms with Gasteiger partial charge < -0.3 is 14.2 Å². The lowest BCUT2D eigenvalue weighted by Gasteiger charge is -2.08. The van der Waals surface area contributed by atoms with E-state index < -0.39 is 15.0 Å². The van der Waals surface area contributed by atoms with E-state index in [4.69, 9.17) is 24.9 Å². The number of carbonyl (C=O) groups is 1. The van der Waals surface area contributed by atoms with E-state index in [0.717, 1.165) is 6.07 Å². The molecule has 0 aromatic heterocycles. The van der Waals surface area contributed by atoms with E-state index in [0.29, 0.717) is 6.61 Å². The fourth-order valence-corrected chi connectivity index (χ4v) is 2.44. The summed E-state index contributed by atoms with van der Waals surface area (Å²) in [6.07, 6.45) is 0. The highest BCUT2D eigenvalue weighted by Gasteiger charge is 2.19. The fraction of sp³-hybridized carbons (Fsp3) is 0.417. The molecule has 0 radical (unpaired) electrons. The monoisotopic (exact) mass is 322 g/mol. The van der Waals surface area contributed by atoms with Crippen molar-refractivity contribution in [2.24, 2.45) is 0 Å². The molecule has 0 bridgehead atoms. The molecule has 0 N–H and O–H groups in total. The Morgan fingerprint density at radius 1 is 1.30 bits per heavy atom. The Morgan fingerprint density at radius 3 is 2.55 bits per heavy atom. The summed E-state index contributed by atoms with van der Waals surface area (Å²) in [5.74, 6) is -0.597. The molecule has 8 heteroatoms. The molecule has 0 amide bonds. The number of benzene rings is 1. The number of ether oxygens (including phenoxy) is 3. The number of halogens is 1. The highest BCUT2D eigenvalue weighted by atomic mass is 35.7. The summed E-state index contributed by atoms with van der Waals surface area (Å²) in [5.41, 5.74) is 0.0709. The first-order valence-electron chi connectivity index (χ1n) is 5.77. The zero-order chi connectivity index (χ0) is 15.2. The van der Waals surface area contributed by atoms with Crippen molar-refractivity contribution in [3.8, 4) is 5.75 Å². The maximum absolute atomic E-state index is 11.7. The molecule has 112 valence electrons. The van der Waals surface area contributed by atoms with Crippen molar-refractivity contribution in [3.63, 3.8) is 0 Å². The Balaban J connectivity index is 2.89. The SMILES string of the molecule is CCOCCOC(=O)c1ccc(OC)c(S(=O)(=O)Cl)c1. The molecule has 0 saturated carbocycles. The second-order valence-corrected chi connectivity index (χ2v) is 6.17. The second-order valence-electron chi connectivity index (χ2n) is 3.64. The molecule has 1 aromatic rings. The largest absolute Gasteiger partial charge is 0.495 e. The van der Waals surface area contributed by atoms with Gasteiger partial charge in [0.05, 0.1) is 19.3 Å². The van der Waals surface area contributed by atoms with Gasteiger partial charge in [-0.25, -0.2) is 13.2 Å². The first-order chi connectivity index (χ1) is 9.40. The Bertz CT molecular complexity index is 569. The molecule has 0 fully saturated rings. The molecule has 20 heavy (non-hydrogen) atoms. The third kappa shape index (κ3) is 4.66. The zero-order valence-corrected chi connectivity index (χ0v) is 12.7. The number of hydrogen-bond donors (Lipinski definition) is 0. The summed E-state index contributed by atoms with van der Waals surface area (Å²) in [4.78, 5) is 11.5. The first-order valence-corrected chi connectivity index (χ1v) is 8.08. The van der Waals surface area contributed by atoms with Crippen molar-refractivity contribution < 1.29 is 27.4 Å². The van der Waals surface area contributed by atoms with Gasteiger partial charge in [0.1, 0.15) is 17.3 Å². The smallest absolute Gasteiger partial charge is 0.338 e. The van der Waals surface area contributed by atoms with Gasteiger partial charge in [0.25, 0.3) is 9.05 Å². The van der Waals surface area contributed by atoms with Gasteiger partial charge in [-0.15, -0.1) is 0 Å². The van der Waals surface area contributed by atoms with Crippen LogP contribution in [0.15, 0.2) is 23.1 Å². The highest BCUT2D eigenvalue weighted by molar-refractivity contribution is 8.13. The van der Waals surface area contributed by atoms with Crippen LogP contribution in [0, 0.1) is 0 Å². The summed E-state index contributed by atoms with van der Waals surface area (Å²) < 4.78 is 37.6. The van der Waals surface area contributed by atoms with E-state index in [1.807, 2.05) is 6.92 Å². The number of methoxy groups -OCH3 is 1. The summed E-state index contributed by atoms with van der Waals surface area (Å²) >= 11 is 0. The molecule has 0 unspecified atom stereocenters. The molecule has 6 nitrogen and oxygen atoms in total. The van der Waals surface area contributed by atoms with Gasteiger partial charge in [-0.2, -0.15) is 0 Å². The predicted octanol–water partition coefficient (Wildman–Crippen LogP) is 1.82. The molecule has 1 rings (SSSR count). The van der Waals surface area contributed by atoms with Gasteiger partial charge in [-0.3, -0.25) is 0 Å². The summed E-state index contributed by atoms with van der Waals surface area (Å²) in [6.45, 7) is 2.71. The van der Waals surface area contributed by atoms with Crippen LogP contribution < -0.4 is 4.74 Å². The van der Waals surface area contributed by atoms with Crippen molar-refractivity contribution in [1.29, 1.82) is 0 Å². The van der Waals surface area contributed by atoms with E-state index >= 15 is 0 Å². The molecule has 0 saturated heterocycles. The second kappa shape index (κ2) is 7.47. The Morgan fingerprint density at radius 2 is 2.00 bits per heavy atom. The Kier molecular flexibility index (Phi) is 6.25. The van der Waals surface area contributed by atoms with Crippen LogP contribution in [-0.4, -0.2) is 41.3 Å². The zero-order valence-electron chi connectivity index (χ0n) is 11.1. The summed E-state index contributed by atoms with van der Waals surface area (Å²) in [5, 5.41) is 0. The van der Waals surface area contributed by atoms with Gasteiger partial charge in [-0.1, -0.05) is 0 Å². The van der Waals surface area contributed by atoms with Crippen LogP contribution in [0.1, 0.15) is 17.3 Å². The van der Waals surface area contributed by atoms with Crippen LogP contribution in [0.4, 0.5) is 0 Å². The van der Waals surface area contributed by atoms with E-state index in [-0.39, 0.29) is 29.4 Å². The quantitative estimate of drug-likeness (QED) is 0.433. The standard InChI is InChI=1S/C12H15ClO6S/c1-3-18-6-7-19-12(14)9-4-5-10(17-2)11(8-9)20(13,15)16/h4-5,8H,3,6-7H2,1-2H3. The van der Waals surface area contributed by atoms with E-state index in [1.165, 1.54) is 19.2 Å².